The molecule has 5 heteroatoms. The van der Waals surface area contributed by atoms with Crippen molar-refractivity contribution in [1.29, 1.82) is 0 Å². The van der Waals surface area contributed by atoms with Gasteiger partial charge in [-0.05, 0) is 33.6 Å². The Morgan fingerprint density at radius 2 is 2.00 bits per heavy atom. The second kappa shape index (κ2) is 4.99. The zero-order valence-corrected chi connectivity index (χ0v) is 10.2. The van der Waals surface area contributed by atoms with Crippen molar-refractivity contribution in [2.45, 2.75) is 51.4 Å². The molecule has 0 spiro atoms. The zero-order chi connectivity index (χ0) is 12.3. The number of carbonyl (C=O) groups is 1. The molecule has 0 bridgehead atoms. The fourth-order valence-corrected chi connectivity index (χ4v) is 1.65. The van der Waals surface area contributed by atoms with Crippen LogP contribution in [0.5, 0.6) is 0 Å². The zero-order valence-electron chi connectivity index (χ0n) is 10.2. The van der Waals surface area contributed by atoms with Gasteiger partial charge in [-0.1, -0.05) is 0 Å². The first-order valence-electron chi connectivity index (χ1n) is 5.65. The topological polar surface area (TPSA) is 55.6 Å². The summed E-state index contributed by atoms with van der Waals surface area (Å²) in [7, 11) is 0. The number of likely N-dealkylation sites (tertiary alicyclic amines) is 1. The number of alkyl halides is 1. The van der Waals surface area contributed by atoms with Gasteiger partial charge in [-0.2, -0.15) is 0 Å². The molecule has 2 N–H and O–H groups in total. The number of rotatable bonds is 0. The summed E-state index contributed by atoms with van der Waals surface area (Å²) in [6.07, 6.45) is -0.449. The van der Waals surface area contributed by atoms with Gasteiger partial charge >= 0.3 is 6.09 Å². The number of nitrogens with zero attached hydrogens (tertiary/aromatic N) is 1. The van der Waals surface area contributed by atoms with Crippen LogP contribution in [0.25, 0.3) is 0 Å². The van der Waals surface area contributed by atoms with Gasteiger partial charge < -0.3 is 15.4 Å². The highest BCUT2D eigenvalue weighted by atomic mass is 19.1. The summed E-state index contributed by atoms with van der Waals surface area (Å²) in [6, 6.07) is -0.159. The van der Waals surface area contributed by atoms with E-state index in [1.807, 2.05) is 0 Å². The lowest BCUT2D eigenvalue weighted by molar-refractivity contribution is 0.0215. The Bertz CT molecular complexity index is 241. The van der Waals surface area contributed by atoms with Gasteiger partial charge in [-0.25, -0.2) is 9.18 Å². The molecule has 0 aromatic carbocycles. The third kappa shape index (κ3) is 4.35. The smallest absolute Gasteiger partial charge is 0.410 e. The van der Waals surface area contributed by atoms with E-state index in [9.17, 15) is 9.18 Å². The van der Waals surface area contributed by atoms with Crippen LogP contribution in [0.3, 0.4) is 0 Å². The van der Waals surface area contributed by atoms with Gasteiger partial charge in [-0.3, -0.25) is 0 Å². The van der Waals surface area contributed by atoms with Crippen LogP contribution in [0.2, 0.25) is 0 Å². The lowest BCUT2D eigenvalue weighted by Crippen LogP contribution is -2.43. The van der Waals surface area contributed by atoms with E-state index in [-0.39, 0.29) is 12.6 Å². The standard InChI is InChI=1S/C11H21FN2O2/c1-11(2,3)16-10(15)14-6-8(12)4-5-9(13)7-14/h8-9H,4-7,13H2,1-3H3/t8-,9-/m1/s1. The van der Waals surface area contributed by atoms with E-state index in [1.54, 1.807) is 20.8 Å². The molecular weight excluding hydrogens is 211 g/mol. The van der Waals surface area contributed by atoms with Crippen molar-refractivity contribution in [2.75, 3.05) is 13.1 Å². The molecule has 0 aliphatic carbocycles. The quantitative estimate of drug-likeness (QED) is 0.691. The number of amides is 1. The van der Waals surface area contributed by atoms with Crippen molar-refractivity contribution in [3.8, 4) is 0 Å². The molecule has 0 radical (unpaired) electrons. The van der Waals surface area contributed by atoms with Crippen molar-refractivity contribution in [1.82, 2.24) is 4.90 Å². The molecule has 1 heterocycles. The second-order valence-corrected chi connectivity index (χ2v) is 5.32. The third-order valence-electron chi connectivity index (χ3n) is 2.38. The van der Waals surface area contributed by atoms with Gasteiger partial charge in [0.2, 0.25) is 0 Å². The Hall–Kier alpha value is -0.840. The predicted octanol–water partition coefficient (Wildman–Crippen LogP) is 1.68. The number of halogens is 1. The molecule has 1 aliphatic rings. The lowest BCUT2D eigenvalue weighted by Gasteiger charge is -2.27. The van der Waals surface area contributed by atoms with Crippen molar-refractivity contribution in [3.63, 3.8) is 0 Å². The molecule has 1 saturated heterocycles. The maximum absolute atomic E-state index is 13.4. The fourth-order valence-electron chi connectivity index (χ4n) is 1.65. The maximum atomic E-state index is 13.4. The highest BCUT2D eigenvalue weighted by Gasteiger charge is 2.28. The minimum atomic E-state index is -0.999. The van der Waals surface area contributed by atoms with E-state index in [0.29, 0.717) is 19.4 Å². The van der Waals surface area contributed by atoms with Crippen LogP contribution in [0, 0.1) is 0 Å². The van der Waals surface area contributed by atoms with E-state index in [2.05, 4.69) is 0 Å². The van der Waals surface area contributed by atoms with Gasteiger partial charge in [0.15, 0.2) is 0 Å². The molecule has 1 aliphatic heterocycles. The van der Waals surface area contributed by atoms with Crippen LogP contribution in [0.4, 0.5) is 9.18 Å². The van der Waals surface area contributed by atoms with Crippen LogP contribution in [0.1, 0.15) is 33.6 Å². The van der Waals surface area contributed by atoms with Gasteiger partial charge in [0.05, 0.1) is 6.54 Å². The molecule has 94 valence electrons. The van der Waals surface area contributed by atoms with E-state index in [1.165, 1.54) is 4.90 Å². The number of ether oxygens (including phenoxy) is 1. The van der Waals surface area contributed by atoms with Crippen molar-refractivity contribution >= 4 is 6.09 Å². The Morgan fingerprint density at radius 3 is 2.56 bits per heavy atom. The second-order valence-electron chi connectivity index (χ2n) is 5.32. The Balaban J connectivity index is 2.59. The van der Waals surface area contributed by atoms with Gasteiger partial charge in [0.25, 0.3) is 0 Å². The third-order valence-corrected chi connectivity index (χ3v) is 2.38. The van der Waals surface area contributed by atoms with Crippen LogP contribution in [-0.2, 0) is 4.74 Å². The highest BCUT2D eigenvalue weighted by Crippen LogP contribution is 2.16. The summed E-state index contributed by atoms with van der Waals surface area (Å²) in [6.45, 7) is 5.82. The first-order chi connectivity index (χ1) is 7.28. The van der Waals surface area contributed by atoms with Crippen molar-refractivity contribution in [3.05, 3.63) is 0 Å². The Kier molecular flexibility index (Phi) is 4.13. The predicted molar refractivity (Wildman–Crippen MR) is 59.9 cm³/mol. The minimum absolute atomic E-state index is 0.0859. The molecule has 4 nitrogen and oxygen atoms in total. The molecule has 1 fully saturated rings. The number of carbonyl (C=O) groups excluding carboxylic acids is 1. The normalized spacial score (nSPS) is 27.4. The summed E-state index contributed by atoms with van der Waals surface area (Å²) in [4.78, 5) is 13.1. The van der Waals surface area contributed by atoms with E-state index in [4.69, 9.17) is 10.5 Å². The van der Waals surface area contributed by atoms with Gasteiger partial charge in [0, 0.05) is 12.6 Å². The SMILES string of the molecule is CC(C)(C)OC(=O)N1C[C@H](N)CC[C@@H](F)C1. The number of nitrogens with two attached hydrogens (primary N) is 1. The summed E-state index contributed by atoms with van der Waals surface area (Å²) < 4.78 is 18.5. The minimum Gasteiger partial charge on any atom is -0.444 e. The summed E-state index contributed by atoms with van der Waals surface area (Å²) in [5, 5.41) is 0. The Morgan fingerprint density at radius 1 is 1.38 bits per heavy atom. The molecule has 2 atom stereocenters. The molecule has 0 unspecified atom stereocenters. The molecule has 0 saturated carbocycles. The summed E-state index contributed by atoms with van der Waals surface area (Å²) in [5.41, 5.74) is 5.22. The van der Waals surface area contributed by atoms with E-state index in [0.717, 1.165) is 0 Å². The average molecular weight is 232 g/mol. The monoisotopic (exact) mass is 232 g/mol. The van der Waals surface area contributed by atoms with E-state index < -0.39 is 17.9 Å². The molecule has 16 heavy (non-hydrogen) atoms. The molecule has 0 aromatic heterocycles. The first-order valence-corrected chi connectivity index (χ1v) is 5.65. The lowest BCUT2D eigenvalue weighted by atomic mass is 10.1. The van der Waals surface area contributed by atoms with Crippen LogP contribution in [-0.4, -0.2) is 41.9 Å². The fraction of sp³-hybridized carbons (Fsp3) is 0.909. The van der Waals surface area contributed by atoms with Gasteiger partial charge in [0.1, 0.15) is 11.8 Å². The van der Waals surface area contributed by atoms with Crippen LogP contribution in [0.15, 0.2) is 0 Å². The van der Waals surface area contributed by atoms with E-state index >= 15 is 0 Å². The summed E-state index contributed by atoms with van der Waals surface area (Å²) >= 11 is 0. The Labute approximate surface area is 95.9 Å². The summed E-state index contributed by atoms with van der Waals surface area (Å²) in [5.74, 6) is 0. The first kappa shape index (κ1) is 13.2. The molecular formula is C11H21FN2O2. The highest BCUT2D eigenvalue weighted by molar-refractivity contribution is 5.68. The average Bonchev–Trinajstić information content (AvgIpc) is 2.25. The van der Waals surface area contributed by atoms with Crippen LogP contribution >= 0.6 is 0 Å². The largest absolute Gasteiger partial charge is 0.444 e. The van der Waals surface area contributed by atoms with Gasteiger partial charge in [-0.15, -0.1) is 0 Å². The molecule has 0 aromatic rings. The van der Waals surface area contributed by atoms with Crippen molar-refractivity contribution < 1.29 is 13.9 Å². The molecule has 1 rings (SSSR count). The van der Waals surface area contributed by atoms with Crippen molar-refractivity contribution in [2.24, 2.45) is 5.73 Å². The molecule has 1 amide bonds. The number of hydrogen-bond acceptors (Lipinski definition) is 3. The van der Waals surface area contributed by atoms with Crippen LogP contribution < -0.4 is 5.73 Å². The maximum Gasteiger partial charge on any atom is 0.410 e. The number of hydrogen-bond donors (Lipinski definition) is 1.